The average Bonchev–Trinajstić information content (AvgIpc) is 2.45. The van der Waals surface area contributed by atoms with Crippen molar-refractivity contribution in [2.75, 3.05) is 5.75 Å². The second-order valence-corrected chi connectivity index (χ2v) is 5.93. The number of nitrogens with two attached hydrogens (primary N) is 1. The molecule has 0 aliphatic carbocycles. The molecule has 0 heterocycles. The van der Waals surface area contributed by atoms with Gasteiger partial charge >= 0.3 is 0 Å². The molecule has 106 valence electrons. The number of nitrogens with one attached hydrogen (secondary N) is 1. The first-order chi connectivity index (χ1) is 9.69. The Bertz CT molecular complexity index is 565. The van der Waals surface area contributed by atoms with E-state index in [4.69, 9.17) is 17.4 Å². The summed E-state index contributed by atoms with van der Waals surface area (Å²) in [6.07, 6.45) is 0.735. The molecule has 3 N–H and O–H groups in total. The van der Waals surface area contributed by atoms with Crippen LogP contribution in [0.4, 0.5) is 4.39 Å². The van der Waals surface area contributed by atoms with Gasteiger partial charge in [0.25, 0.3) is 0 Å². The third-order valence-corrected chi connectivity index (χ3v) is 4.43. The number of hydrogen-bond donors (Lipinski definition) is 2. The molecule has 0 aliphatic heterocycles. The van der Waals surface area contributed by atoms with Crippen LogP contribution < -0.4 is 11.3 Å². The highest BCUT2D eigenvalue weighted by atomic mass is 35.5. The smallest absolute Gasteiger partial charge is 0.124 e. The topological polar surface area (TPSA) is 38.0 Å². The molecule has 2 aromatic rings. The number of halogens is 2. The van der Waals surface area contributed by atoms with Crippen LogP contribution in [0.2, 0.25) is 5.02 Å². The fourth-order valence-electron chi connectivity index (χ4n) is 1.85. The first-order valence-corrected chi connectivity index (χ1v) is 7.63. The van der Waals surface area contributed by atoms with Gasteiger partial charge in [0.2, 0.25) is 0 Å². The molecule has 0 saturated heterocycles. The summed E-state index contributed by atoms with van der Waals surface area (Å²) in [5, 5.41) is 0.739. The van der Waals surface area contributed by atoms with Gasteiger partial charge in [-0.15, -0.1) is 11.8 Å². The van der Waals surface area contributed by atoms with Gasteiger partial charge in [0.15, 0.2) is 0 Å². The highest BCUT2D eigenvalue weighted by Crippen LogP contribution is 2.22. The predicted octanol–water partition coefficient (Wildman–Crippen LogP) is 3.65. The maximum absolute atomic E-state index is 13.1. The van der Waals surface area contributed by atoms with Crippen molar-refractivity contribution in [3.05, 3.63) is 64.9 Å². The summed E-state index contributed by atoms with van der Waals surface area (Å²) in [6, 6.07) is 14.3. The summed E-state index contributed by atoms with van der Waals surface area (Å²) in [5.74, 6) is 6.10. The molecular formula is C15H16ClFN2S. The van der Waals surface area contributed by atoms with E-state index in [1.807, 2.05) is 30.3 Å². The Kier molecular flexibility index (Phi) is 5.86. The van der Waals surface area contributed by atoms with Gasteiger partial charge < -0.3 is 0 Å². The van der Waals surface area contributed by atoms with E-state index >= 15 is 0 Å². The van der Waals surface area contributed by atoms with Crippen molar-refractivity contribution in [3.8, 4) is 0 Å². The molecule has 20 heavy (non-hydrogen) atoms. The monoisotopic (exact) mass is 310 g/mol. The molecule has 0 amide bonds. The van der Waals surface area contributed by atoms with Crippen LogP contribution in [0.25, 0.3) is 0 Å². The number of benzene rings is 2. The van der Waals surface area contributed by atoms with Gasteiger partial charge in [0, 0.05) is 21.7 Å². The van der Waals surface area contributed by atoms with E-state index < -0.39 is 0 Å². The highest BCUT2D eigenvalue weighted by molar-refractivity contribution is 7.99. The molecule has 5 heteroatoms. The van der Waals surface area contributed by atoms with Crippen LogP contribution in [0.3, 0.4) is 0 Å². The SMILES string of the molecule is NNC(CSc1cccc(F)c1)Cc1ccccc1Cl. The average molecular weight is 311 g/mol. The largest absolute Gasteiger partial charge is 0.271 e. The fraction of sp³-hybridized carbons (Fsp3) is 0.200. The zero-order chi connectivity index (χ0) is 14.4. The normalized spacial score (nSPS) is 12.3. The van der Waals surface area contributed by atoms with Crippen molar-refractivity contribution >= 4 is 23.4 Å². The van der Waals surface area contributed by atoms with Crippen LogP contribution in [0.1, 0.15) is 5.56 Å². The molecule has 0 aromatic heterocycles. The zero-order valence-corrected chi connectivity index (χ0v) is 12.4. The molecule has 2 rings (SSSR count). The van der Waals surface area contributed by atoms with Gasteiger partial charge in [-0.3, -0.25) is 11.3 Å². The van der Waals surface area contributed by atoms with Gasteiger partial charge in [-0.2, -0.15) is 0 Å². The van der Waals surface area contributed by atoms with Crippen LogP contribution in [-0.4, -0.2) is 11.8 Å². The summed E-state index contributed by atoms with van der Waals surface area (Å²) in [4.78, 5) is 0.893. The van der Waals surface area contributed by atoms with Crippen molar-refractivity contribution in [1.82, 2.24) is 5.43 Å². The standard InChI is InChI=1S/C15H16ClFN2S/c16-15-7-2-1-4-11(15)8-13(19-18)10-20-14-6-3-5-12(17)9-14/h1-7,9,13,19H,8,10,18H2. The zero-order valence-electron chi connectivity index (χ0n) is 10.9. The highest BCUT2D eigenvalue weighted by Gasteiger charge is 2.10. The van der Waals surface area contributed by atoms with Crippen LogP contribution in [0.5, 0.6) is 0 Å². The van der Waals surface area contributed by atoms with Crippen molar-refractivity contribution in [3.63, 3.8) is 0 Å². The van der Waals surface area contributed by atoms with Gasteiger partial charge in [-0.25, -0.2) is 4.39 Å². The minimum Gasteiger partial charge on any atom is -0.271 e. The summed E-state index contributed by atoms with van der Waals surface area (Å²) in [6.45, 7) is 0. The Morgan fingerprint density at radius 2 is 2.00 bits per heavy atom. The molecule has 0 bridgehead atoms. The van der Waals surface area contributed by atoms with Gasteiger partial charge in [-0.1, -0.05) is 35.9 Å². The Labute approximate surface area is 127 Å². The quantitative estimate of drug-likeness (QED) is 0.486. The number of hydrazine groups is 1. The molecule has 1 unspecified atom stereocenters. The molecular weight excluding hydrogens is 295 g/mol. The lowest BCUT2D eigenvalue weighted by atomic mass is 10.1. The minimum absolute atomic E-state index is 0.0724. The first-order valence-electron chi connectivity index (χ1n) is 6.27. The van der Waals surface area contributed by atoms with E-state index in [1.165, 1.54) is 12.1 Å². The number of hydrogen-bond acceptors (Lipinski definition) is 3. The van der Waals surface area contributed by atoms with Gasteiger partial charge in [0.1, 0.15) is 5.82 Å². The molecule has 1 atom stereocenters. The third-order valence-electron chi connectivity index (χ3n) is 2.91. The lowest BCUT2D eigenvalue weighted by Gasteiger charge is -2.16. The summed E-state index contributed by atoms with van der Waals surface area (Å²) >= 11 is 7.71. The minimum atomic E-state index is -0.224. The van der Waals surface area contributed by atoms with Crippen LogP contribution in [-0.2, 0) is 6.42 Å². The van der Waals surface area contributed by atoms with E-state index in [0.717, 1.165) is 27.7 Å². The van der Waals surface area contributed by atoms with Crippen molar-refractivity contribution < 1.29 is 4.39 Å². The molecule has 0 radical (unpaired) electrons. The maximum Gasteiger partial charge on any atom is 0.124 e. The summed E-state index contributed by atoms with van der Waals surface area (Å²) in [7, 11) is 0. The van der Waals surface area contributed by atoms with E-state index in [2.05, 4.69) is 5.43 Å². The molecule has 0 aliphatic rings. The van der Waals surface area contributed by atoms with Crippen molar-refractivity contribution in [2.24, 2.45) is 5.84 Å². The lowest BCUT2D eigenvalue weighted by molar-refractivity contribution is 0.575. The Morgan fingerprint density at radius 1 is 1.20 bits per heavy atom. The molecule has 0 saturated carbocycles. The molecule has 0 spiro atoms. The Balaban J connectivity index is 1.94. The van der Waals surface area contributed by atoms with Crippen LogP contribution in [0.15, 0.2) is 53.4 Å². The second-order valence-electron chi connectivity index (χ2n) is 4.43. The van der Waals surface area contributed by atoms with Crippen molar-refractivity contribution in [2.45, 2.75) is 17.4 Å². The fourth-order valence-corrected chi connectivity index (χ4v) is 3.04. The van der Waals surface area contributed by atoms with Gasteiger partial charge in [0.05, 0.1) is 0 Å². The first kappa shape index (κ1) is 15.3. The molecule has 0 fully saturated rings. The number of thioether (sulfide) groups is 1. The van der Waals surface area contributed by atoms with E-state index in [9.17, 15) is 4.39 Å². The number of rotatable bonds is 6. The van der Waals surface area contributed by atoms with E-state index in [0.29, 0.717) is 0 Å². The van der Waals surface area contributed by atoms with Crippen molar-refractivity contribution in [1.29, 1.82) is 0 Å². The Morgan fingerprint density at radius 3 is 2.70 bits per heavy atom. The molecule has 2 aromatic carbocycles. The lowest BCUT2D eigenvalue weighted by Crippen LogP contribution is -2.38. The Hall–Kier alpha value is -1.07. The second kappa shape index (κ2) is 7.64. The third kappa shape index (κ3) is 4.49. The van der Waals surface area contributed by atoms with E-state index in [1.54, 1.807) is 17.8 Å². The van der Waals surface area contributed by atoms with Crippen LogP contribution in [0, 0.1) is 5.82 Å². The molecule has 2 nitrogen and oxygen atoms in total. The van der Waals surface area contributed by atoms with Crippen LogP contribution >= 0.6 is 23.4 Å². The van der Waals surface area contributed by atoms with E-state index in [-0.39, 0.29) is 11.9 Å². The maximum atomic E-state index is 13.1. The summed E-state index contributed by atoms with van der Waals surface area (Å²) in [5.41, 5.74) is 3.84. The summed E-state index contributed by atoms with van der Waals surface area (Å²) < 4.78 is 13.1. The van der Waals surface area contributed by atoms with Gasteiger partial charge in [-0.05, 0) is 36.2 Å². The predicted molar refractivity (Wildman–Crippen MR) is 83.4 cm³/mol.